The summed E-state index contributed by atoms with van der Waals surface area (Å²) in [6, 6.07) is 50.6. The van der Waals surface area contributed by atoms with E-state index < -0.39 is 0 Å². The van der Waals surface area contributed by atoms with E-state index in [1.54, 1.807) is 24.5 Å². The van der Waals surface area contributed by atoms with Crippen LogP contribution in [0, 0.1) is 22.7 Å². The van der Waals surface area contributed by atoms with E-state index in [0.29, 0.717) is 11.1 Å². The molecule has 49 heavy (non-hydrogen) atoms. The van der Waals surface area contributed by atoms with Gasteiger partial charge in [0.15, 0.2) is 0 Å². The molecule has 5 heteroatoms. The van der Waals surface area contributed by atoms with E-state index in [0.717, 1.165) is 33.6 Å². The Morgan fingerprint density at radius 3 is 1.22 bits per heavy atom. The van der Waals surface area contributed by atoms with Crippen molar-refractivity contribution < 1.29 is 0 Å². The number of nitrogens with zero attached hydrogens (tertiary/aromatic N) is 4. The van der Waals surface area contributed by atoms with Crippen molar-refractivity contribution in [1.82, 2.24) is 9.97 Å². The first-order valence-electron chi connectivity index (χ1n) is 15.9. The lowest BCUT2D eigenvalue weighted by atomic mass is 9.91. The fraction of sp³-hybridized carbons (Fsp3) is 0. The van der Waals surface area contributed by atoms with Crippen LogP contribution in [0.1, 0.15) is 11.1 Å². The van der Waals surface area contributed by atoms with Crippen LogP contribution in [0.2, 0.25) is 0 Å². The van der Waals surface area contributed by atoms with E-state index in [1.165, 1.54) is 52.8 Å². The Labute approximate surface area is 286 Å². The highest BCUT2D eigenvalue weighted by Crippen LogP contribution is 2.47. The summed E-state index contributed by atoms with van der Waals surface area (Å²) in [7, 11) is 0. The molecule has 3 aromatic heterocycles. The number of aromatic nitrogens is 2. The number of benzene rings is 6. The first-order chi connectivity index (χ1) is 24.2. The van der Waals surface area contributed by atoms with E-state index >= 15 is 0 Å². The predicted octanol–water partition coefficient (Wildman–Crippen LogP) is 11.6. The molecule has 3 heterocycles. The van der Waals surface area contributed by atoms with Crippen molar-refractivity contribution in [1.29, 1.82) is 10.5 Å². The average Bonchev–Trinajstić information content (AvgIpc) is 3.56. The first kappa shape index (κ1) is 28.6. The number of pyridine rings is 2. The molecule has 0 atom stereocenters. The molecule has 0 aliphatic carbocycles. The number of rotatable bonds is 4. The summed E-state index contributed by atoms with van der Waals surface area (Å²) >= 11 is 1.84. The van der Waals surface area contributed by atoms with Gasteiger partial charge in [-0.25, -0.2) is 0 Å². The summed E-state index contributed by atoms with van der Waals surface area (Å²) in [5.41, 5.74) is 9.38. The molecule has 6 aromatic carbocycles. The highest BCUT2D eigenvalue weighted by atomic mass is 32.1. The van der Waals surface area contributed by atoms with E-state index in [9.17, 15) is 10.5 Å². The first-order valence-corrected chi connectivity index (χ1v) is 16.7. The van der Waals surface area contributed by atoms with E-state index in [-0.39, 0.29) is 0 Å². The Kier molecular flexibility index (Phi) is 6.73. The second-order valence-electron chi connectivity index (χ2n) is 12.0. The van der Waals surface area contributed by atoms with Gasteiger partial charge >= 0.3 is 0 Å². The number of fused-ring (bicyclic) bond motifs is 7. The van der Waals surface area contributed by atoms with Gasteiger partial charge in [-0.3, -0.25) is 9.97 Å². The molecule has 0 aliphatic heterocycles. The molecule has 0 unspecified atom stereocenters. The molecule has 4 nitrogen and oxygen atoms in total. The van der Waals surface area contributed by atoms with Gasteiger partial charge in [0.1, 0.15) is 0 Å². The molecule has 0 spiro atoms. The van der Waals surface area contributed by atoms with Crippen LogP contribution in [0.3, 0.4) is 0 Å². The van der Waals surface area contributed by atoms with Crippen molar-refractivity contribution in [3.05, 3.63) is 157 Å². The lowest BCUT2D eigenvalue weighted by molar-refractivity contribution is 1.31. The van der Waals surface area contributed by atoms with Gasteiger partial charge in [0.2, 0.25) is 0 Å². The van der Waals surface area contributed by atoms with Crippen molar-refractivity contribution >= 4 is 53.1 Å². The van der Waals surface area contributed by atoms with Crippen molar-refractivity contribution in [2.75, 3.05) is 0 Å². The van der Waals surface area contributed by atoms with Crippen LogP contribution in [0.15, 0.2) is 146 Å². The summed E-state index contributed by atoms with van der Waals surface area (Å²) in [4.78, 5) is 8.98. The fourth-order valence-corrected chi connectivity index (χ4v) is 8.15. The number of thiophene rings is 1. The zero-order chi connectivity index (χ0) is 32.9. The molecule has 0 saturated carbocycles. The molecule has 9 aromatic rings. The van der Waals surface area contributed by atoms with Gasteiger partial charge in [-0.05, 0) is 80.2 Å². The topological polar surface area (TPSA) is 73.4 Å². The maximum Gasteiger partial charge on any atom is 0.0992 e. The van der Waals surface area contributed by atoms with Crippen LogP contribution in [-0.4, -0.2) is 9.97 Å². The normalized spacial score (nSPS) is 11.2. The Morgan fingerprint density at radius 2 is 0.816 bits per heavy atom. The minimum Gasteiger partial charge on any atom is -0.256 e. The molecular weight excluding hydrogens is 617 g/mol. The van der Waals surface area contributed by atoms with Gasteiger partial charge in [-0.15, -0.1) is 11.3 Å². The zero-order valence-corrected chi connectivity index (χ0v) is 26.9. The molecular formula is C44H24N4S. The minimum absolute atomic E-state index is 0.600. The molecule has 0 radical (unpaired) electrons. The summed E-state index contributed by atoms with van der Waals surface area (Å²) < 4.78 is 2.49. The van der Waals surface area contributed by atoms with Crippen molar-refractivity contribution in [3.8, 4) is 56.9 Å². The van der Waals surface area contributed by atoms with Crippen LogP contribution in [0.4, 0.5) is 0 Å². The summed E-state index contributed by atoms with van der Waals surface area (Å²) in [6.45, 7) is 0. The van der Waals surface area contributed by atoms with Gasteiger partial charge in [-0.2, -0.15) is 10.5 Å². The second kappa shape index (κ2) is 11.5. The average molecular weight is 641 g/mol. The van der Waals surface area contributed by atoms with Crippen molar-refractivity contribution in [2.45, 2.75) is 0 Å². The Morgan fingerprint density at radius 1 is 0.429 bits per heavy atom. The molecule has 226 valence electrons. The van der Waals surface area contributed by atoms with E-state index in [1.807, 2.05) is 23.5 Å². The zero-order valence-electron chi connectivity index (χ0n) is 26.1. The predicted molar refractivity (Wildman–Crippen MR) is 201 cm³/mol. The maximum atomic E-state index is 9.35. The standard InChI is InChI=1S/C44H24N4S/c45-25-27-17-19-47-39(21-27)31-13-9-29(10-14-31)37-23-41-43(35-7-3-1-5-33(35)37)44-36-8-4-2-6-34(36)38(24-42(44)49-41)30-11-15-32(16-12-30)40-22-28(26-46)18-20-48-40/h1-24H. The lowest BCUT2D eigenvalue weighted by Gasteiger charge is -2.12. The second-order valence-corrected chi connectivity index (χ2v) is 13.1. The third kappa shape index (κ3) is 4.81. The fourth-order valence-electron chi connectivity index (χ4n) is 6.93. The van der Waals surface area contributed by atoms with E-state index in [2.05, 4.69) is 131 Å². The van der Waals surface area contributed by atoms with Gasteiger partial charge < -0.3 is 0 Å². The minimum atomic E-state index is 0.600. The molecule has 0 amide bonds. The SMILES string of the molecule is N#Cc1ccnc(-c2ccc(-c3cc4sc5cc(-c6ccc(-c7cc(C#N)ccn7)cc6)c6ccccc6c5c4c4ccccc34)cc2)c1. The number of hydrogen-bond donors (Lipinski definition) is 0. The van der Waals surface area contributed by atoms with Gasteiger partial charge in [0.25, 0.3) is 0 Å². The molecule has 0 aliphatic rings. The van der Waals surface area contributed by atoms with Crippen LogP contribution < -0.4 is 0 Å². The molecule has 0 fully saturated rings. The lowest BCUT2D eigenvalue weighted by Crippen LogP contribution is -1.87. The smallest absolute Gasteiger partial charge is 0.0992 e. The Bertz CT molecular complexity index is 2640. The molecule has 0 N–H and O–H groups in total. The number of hydrogen-bond acceptors (Lipinski definition) is 5. The van der Waals surface area contributed by atoms with Crippen molar-refractivity contribution in [2.24, 2.45) is 0 Å². The Hall–Kier alpha value is -6.66. The van der Waals surface area contributed by atoms with E-state index in [4.69, 9.17) is 0 Å². The molecule has 0 bridgehead atoms. The van der Waals surface area contributed by atoms with Crippen molar-refractivity contribution in [3.63, 3.8) is 0 Å². The number of nitriles is 2. The quantitative estimate of drug-likeness (QED) is 0.192. The third-order valence-electron chi connectivity index (χ3n) is 9.25. The summed E-state index contributed by atoms with van der Waals surface area (Å²) in [5.74, 6) is 0. The van der Waals surface area contributed by atoms with Crippen LogP contribution in [0.5, 0.6) is 0 Å². The monoisotopic (exact) mass is 640 g/mol. The van der Waals surface area contributed by atoms with Crippen LogP contribution in [0.25, 0.3) is 86.5 Å². The maximum absolute atomic E-state index is 9.35. The highest BCUT2D eigenvalue weighted by molar-refractivity contribution is 7.26. The van der Waals surface area contributed by atoms with Gasteiger partial charge in [-0.1, -0.05) is 97.1 Å². The third-order valence-corrected chi connectivity index (χ3v) is 10.3. The highest BCUT2D eigenvalue weighted by Gasteiger charge is 2.18. The molecule has 9 rings (SSSR count). The largest absolute Gasteiger partial charge is 0.256 e. The summed E-state index contributed by atoms with van der Waals surface area (Å²) in [6.07, 6.45) is 3.37. The Balaban J connectivity index is 1.21. The summed E-state index contributed by atoms with van der Waals surface area (Å²) in [5, 5.41) is 26.2. The van der Waals surface area contributed by atoms with Crippen LogP contribution >= 0.6 is 11.3 Å². The van der Waals surface area contributed by atoms with Gasteiger partial charge in [0, 0.05) is 43.7 Å². The van der Waals surface area contributed by atoms with Crippen LogP contribution in [-0.2, 0) is 0 Å². The molecule has 0 saturated heterocycles. The van der Waals surface area contributed by atoms with Gasteiger partial charge in [0.05, 0.1) is 34.7 Å².